The van der Waals surface area contributed by atoms with Gasteiger partial charge in [0.05, 0.1) is 22.1 Å². The van der Waals surface area contributed by atoms with Crippen molar-refractivity contribution in [1.82, 2.24) is 19.9 Å². The van der Waals surface area contributed by atoms with Crippen LogP contribution in [0, 0.1) is 0 Å². The zero-order chi connectivity index (χ0) is 20.5. The minimum absolute atomic E-state index is 0.501. The summed E-state index contributed by atoms with van der Waals surface area (Å²) in [7, 11) is 0. The van der Waals surface area contributed by atoms with Gasteiger partial charge in [-0.05, 0) is 36.4 Å². The van der Waals surface area contributed by atoms with E-state index >= 15 is 0 Å². The lowest BCUT2D eigenvalue weighted by molar-refractivity contribution is 1.37. The van der Waals surface area contributed by atoms with Crippen LogP contribution < -0.4 is 0 Å². The third-order valence-corrected chi connectivity index (χ3v) is 5.22. The Kier molecular flexibility index (Phi) is 4.87. The molecular weight excluding hydrogens is 415 g/mol. The van der Waals surface area contributed by atoms with E-state index in [1.54, 1.807) is 24.5 Å². The first-order valence-corrected chi connectivity index (χ1v) is 10.0. The van der Waals surface area contributed by atoms with Crippen LogP contribution in [0.4, 0.5) is 0 Å². The highest BCUT2D eigenvalue weighted by Crippen LogP contribution is 2.24. The van der Waals surface area contributed by atoms with Crippen LogP contribution in [0.1, 0.15) is 0 Å². The molecule has 0 fully saturated rings. The number of rotatable bonds is 0. The van der Waals surface area contributed by atoms with E-state index in [1.165, 1.54) is 0 Å². The molecule has 0 aliphatic rings. The van der Waals surface area contributed by atoms with Crippen molar-refractivity contribution in [3.63, 3.8) is 0 Å². The summed E-state index contributed by atoms with van der Waals surface area (Å²) in [6.07, 6.45) is 3.54. The predicted molar refractivity (Wildman–Crippen MR) is 124 cm³/mol. The molecule has 0 atom stereocenters. The molecular formula is C24H14Cl2N4. The molecule has 0 bridgehead atoms. The molecule has 0 saturated carbocycles. The Morgan fingerprint density at radius 2 is 0.800 bits per heavy atom. The molecule has 0 saturated heterocycles. The third kappa shape index (κ3) is 3.52. The lowest BCUT2D eigenvalue weighted by atomic mass is 10.1. The highest BCUT2D eigenvalue weighted by Gasteiger charge is 2.03. The van der Waals surface area contributed by atoms with E-state index in [0.29, 0.717) is 10.3 Å². The molecule has 0 aliphatic heterocycles. The molecule has 6 aromatic rings. The minimum atomic E-state index is 0.501. The zero-order valence-corrected chi connectivity index (χ0v) is 17.1. The van der Waals surface area contributed by atoms with Crippen LogP contribution in [0.5, 0.6) is 0 Å². The molecule has 0 aliphatic carbocycles. The number of pyridine rings is 4. The molecule has 6 rings (SSSR count). The molecule has 0 unspecified atom stereocenters. The number of benzene rings is 2. The van der Waals surface area contributed by atoms with Gasteiger partial charge in [0.1, 0.15) is 10.3 Å². The SMILES string of the molecule is Clc1ccc2ccc3cccnc3c2n1.Clc1ccc2ccc3cccnc3c2n1. The molecule has 0 spiro atoms. The van der Waals surface area contributed by atoms with Crippen molar-refractivity contribution in [1.29, 1.82) is 0 Å². The number of nitrogens with zero attached hydrogens (tertiary/aromatic N) is 4. The van der Waals surface area contributed by atoms with Crippen molar-refractivity contribution in [3.8, 4) is 0 Å². The summed E-state index contributed by atoms with van der Waals surface area (Å²) in [5, 5.41) is 5.29. The van der Waals surface area contributed by atoms with Crippen LogP contribution >= 0.6 is 23.2 Å². The monoisotopic (exact) mass is 428 g/mol. The van der Waals surface area contributed by atoms with E-state index in [1.807, 2.05) is 60.7 Å². The molecule has 4 aromatic heterocycles. The van der Waals surface area contributed by atoms with Gasteiger partial charge < -0.3 is 0 Å². The fourth-order valence-electron chi connectivity index (χ4n) is 3.40. The van der Waals surface area contributed by atoms with Crippen molar-refractivity contribution in [2.24, 2.45) is 0 Å². The van der Waals surface area contributed by atoms with Gasteiger partial charge in [-0.2, -0.15) is 0 Å². The summed E-state index contributed by atoms with van der Waals surface area (Å²) in [6.45, 7) is 0. The van der Waals surface area contributed by atoms with E-state index in [-0.39, 0.29) is 0 Å². The van der Waals surface area contributed by atoms with Gasteiger partial charge in [0.2, 0.25) is 0 Å². The quantitative estimate of drug-likeness (QED) is 0.195. The molecule has 144 valence electrons. The maximum absolute atomic E-state index is 5.88. The summed E-state index contributed by atoms with van der Waals surface area (Å²) in [5.41, 5.74) is 3.52. The minimum Gasteiger partial charge on any atom is -0.254 e. The van der Waals surface area contributed by atoms with Crippen LogP contribution in [0.25, 0.3) is 43.6 Å². The molecule has 0 radical (unpaired) electrons. The van der Waals surface area contributed by atoms with Gasteiger partial charge in [-0.25, -0.2) is 9.97 Å². The summed E-state index contributed by atoms with van der Waals surface area (Å²) < 4.78 is 0. The standard InChI is InChI=1S/2C12H7ClN2/c2*13-10-6-5-9-4-3-8-2-1-7-14-11(8)12(9)15-10/h2*1-7H. The summed E-state index contributed by atoms with van der Waals surface area (Å²) in [6, 6.07) is 23.5. The summed E-state index contributed by atoms with van der Waals surface area (Å²) in [4.78, 5) is 17.3. The fraction of sp³-hybridized carbons (Fsp3) is 0. The van der Waals surface area contributed by atoms with E-state index in [2.05, 4.69) is 19.9 Å². The lowest BCUT2D eigenvalue weighted by Crippen LogP contribution is -1.84. The predicted octanol–water partition coefficient (Wildman–Crippen LogP) is 6.87. The molecule has 30 heavy (non-hydrogen) atoms. The number of aromatic nitrogens is 4. The Hall–Kier alpha value is -3.34. The second-order valence-electron chi connectivity index (χ2n) is 6.69. The summed E-state index contributed by atoms with van der Waals surface area (Å²) >= 11 is 11.8. The van der Waals surface area contributed by atoms with E-state index in [9.17, 15) is 0 Å². The van der Waals surface area contributed by atoms with Crippen LogP contribution in [0.2, 0.25) is 10.3 Å². The largest absolute Gasteiger partial charge is 0.254 e. The van der Waals surface area contributed by atoms with Gasteiger partial charge in [-0.3, -0.25) is 9.97 Å². The van der Waals surface area contributed by atoms with Crippen LogP contribution in [-0.2, 0) is 0 Å². The van der Waals surface area contributed by atoms with Crippen LogP contribution in [0.3, 0.4) is 0 Å². The van der Waals surface area contributed by atoms with E-state index in [0.717, 1.165) is 43.6 Å². The highest BCUT2D eigenvalue weighted by molar-refractivity contribution is 6.30. The van der Waals surface area contributed by atoms with Crippen molar-refractivity contribution < 1.29 is 0 Å². The van der Waals surface area contributed by atoms with Gasteiger partial charge in [-0.15, -0.1) is 0 Å². The van der Waals surface area contributed by atoms with Crippen molar-refractivity contribution >= 4 is 66.8 Å². The maximum atomic E-state index is 5.88. The highest BCUT2D eigenvalue weighted by atomic mass is 35.5. The second kappa shape index (κ2) is 7.82. The average molecular weight is 429 g/mol. The van der Waals surface area contributed by atoms with E-state index < -0.39 is 0 Å². The molecule has 6 heteroatoms. The smallest absolute Gasteiger partial charge is 0.129 e. The molecule has 0 amide bonds. The van der Waals surface area contributed by atoms with Gasteiger partial charge in [-0.1, -0.05) is 59.6 Å². The topological polar surface area (TPSA) is 51.6 Å². The van der Waals surface area contributed by atoms with Gasteiger partial charge >= 0.3 is 0 Å². The van der Waals surface area contributed by atoms with Gasteiger partial charge in [0.25, 0.3) is 0 Å². The number of hydrogen-bond acceptors (Lipinski definition) is 4. The lowest BCUT2D eigenvalue weighted by Gasteiger charge is -2.01. The first-order chi connectivity index (χ1) is 14.7. The van der Waals surface area contributed by atoms with E-state index in [4.69, 9.17) is 23.2 Å². The Morgan fingerprint density at radius 3 is 1.23 bits per heavy atom. The third-order valence-electron chi connectivity index (χ3n) is 4.80. The molecule has 0 N–H and O–H groups in total. The Balaban J connectivity index is 0.000000128. The van der Waals surface area contributed by atoms with Crippen LogP contribution in [-0.4, -0.2) is 19.9 Å². The van der Waals surface area contributed by atoms with Crippen molar-refractivity contribution in [3.05, 3.63) is 95.5 Å². The first kappa shape index (κ1) is 18.7. The van der Waals surface area contributed by atoms with Crippen LogP contribution in [0.15, 0.2) is 85.2 Å². The van der Waals surface area contributed by atoms with Crippen molar-refractivity contribution in [2.75, 3.05) is 0 Å². The Bertz CT molecular complexity index is 1420. The molecule has 2 aromatic carbocycles. The summed E-state index contributed by atoms with van der Waals surface area (Å²) in [5.74, 6) is 0. The normalized spacial score (nSPS) is 11.0. The van der Waals surface area contributed by atoms with Crippen molar-refractivity contribution in [2.45, 2.75) is 0 Å². The number of hydrogen-bond donors (Lipinski definition) is 0. The van der Waals surface area contributed by atoms with Gasteiger partial charge in [0.15, 0.2) is 0 Å². The molecule has 4 nitrogen and oxygen atoms in total. The number of fused-ring (bicyclic) bond motifs is 6. The fourth-order valence-corrected chi connectivity index (χ4v) is 3.69. The Labute approximate surface area is 182 Å². The first-order valence-electron chi connectivity index (χ1n) is 9.29. The average Bonchev–Trinajstić information content (AvgIpc) is 2.79. The molecule has 4 heterocycles. The maximum Gasteiger partial charge on any atom is 0.129 e. The van der Waals surface area contributed by atoms with Gasteiger partial charge in [0, 0.05) is 33.9 Å². The zero-order valence-electron chi connectivity index (χ0n) is 15.6. The Morgan fingerprint density at radius 1 is 0.433 bits per heavy atom. The number of halogens is 2. The second-order valence-corrected chi connectivity index (χ2v) is 7.47.